The van der Waals surface area contributed by atoms with Crippen molar-refractivity contribution in [3.8, 4) is 11.1 Å². The zero-order chi connectivity index (χ0) is 13.4. The van der Waals surface area contributed by atoms with Crippen LogP contribution in [0.3, 0.4) is 0 Å². The van der Waals surface area contributed by atoms with Crippen molar-refractivity contribution < 1.29 is 0 Å². The van der Waals surface area contributed by atoms with Crippen LogP contribution in [-0.4, -0.2) is 0 Å². The van der Waals surface area contributed by atoms with Gasteiger partial charge in [0.15, 0.2) is 0 Å². The number of rotatable bonds is 1. The molecule has 0 aliphatic carbocycles. The van der Waals surface area contributed by atoms with Gasteiger partial charge < -0.3 is 0 Å². The van der Waals surface area contributed by atoms with Gasteiger partial charge in [0.1, 0.15) is 0 Å². The van der Waals surface area contributed by atoms with Gasteiger partial charge in [-0.2, -0.15) is 0 Å². The fraction of sp³-hybridized carbons (Fsp3) is 0. The van der Waals surface area contributed by atoms with Gasteiger partial charge in [-0.1, -0.05) is 69.6 Å². The first-order chi connectivity index (χ1) is 8.40. The highest BCUT2D eigenvalue weighted by Gasteiger charge is 2.13. The quantitative estimate of drug-likeness (QED) is 0.453. The molecule has 0 unspecified atom stereocenters. The van der Waals surface area contributed by atoms with Crippen molar-refractivity contribution in [3.63, 3.8) is 0 Å². The van der Waals surface area contributed by atoms with E-state index < -0.39 is 0 Å². The summed E-state index contributed by atoms with van der Waals surface area (Å²) < 4.78 is 0. The van der Waals surface area contributed by atoms with E-state index in [-0.39, 0.29) is 0 Å². The van der Waals surface area contributed by atoms with Crippen LogP contribution in [0.25, 0.3) is 11.1 Å². The highest BCUT2D eigenvalue weighted by atomic mass is 35.5. The number of hydrogen-bond acceptors (Lipinski definition) is 0. The van der Waals surface area contributed by atoms with E-state index >= 15 is 0 Å². The summed E-state index contributed by atoms with van der Waals surface area (Å²) in [4.78, 5) is 0. The molecule has 18 heavy (non-hydrogen) atoms. The standard InChI is InChI=1S/C12H4Cl6/c13-7-3-11(17)9(15)1-5(7)6-2-10(16)12(18)4-8(6)14/h1-4H/i1+2,2+2,3+2,4+2,5+2,6+2,7+2,8+2,9+2,10+2,11+2,12+2. The lowest BCUT2D eigenvalue weighted by molar-refractivity contribution is 1.61. The Morgan fingerprint density at radius 2 is 0.667 bits per heavy atom. The molecule has 94 valence electrons. The van der Waals surface area contributed by atoms with Crippen LogP contribution < -0.4 is 0 Å². The van der Waals surface area contributed by atoms with Crippen molar-refractivity contribution in [1.29, 1.82) is 0 Å². The van der Waals surface area contributed by atoms with Gasteiger partial charge in [0.25, 0.3) is 0 Å². The van der Waals surface area contributed by atoms with Gasteiger partial charge in [-0.15, -0.1) is 0 Å². The molecule has 0 aliphatic heterocycles. The SMILES string of the molecule is Cl[14c]1[14cH][14c](Cl)[14c](-[14c]2[14cH][14c](Cl)[14c](Cl)[14cH][14c]2Cl)[14cH][14c]1Cl. The van der Waals surface area contributed by atoms with Gasteiger partial charge in [0, 0.05) is 11.1 Å². The van der Waals surface area contributed by atoms with Gasteiger partial charge in [0.2, 0.25) is 0 Å². The average Bonchev–Trinajstić information content (AvgIpc) is 2.29. The van der Waals surface area contributed by atoms with E-state index in [1.165, 1.54) is 0 Å². The lowest BCUT2D eigenvalue weighted by Crippen LogP contribution is -1.84. The van der Waals surface area contributed by atoms with E-state index in [9.17, 15) is 0 Å². The van der Waals surface area contributed by atoms with Gasteiger partial charge in [-0.05, 0) is 24.3 Å². The fourth-order valence-corrected chi connectivity index (χ4v) is 2.76. The molecule has 0 saturated heterocycles. The van der Waals surface area contributed by atoms with Gasteiger partial charge in [-0.3, -0.25) is 0 Å². The third-order valence-electron chi connectivity index (χ3n) is 2.31. The molecule has 0 nitrogen and oxygen atoms in total. The van der Waals surface area contributed by atoms with E-state index in [0.29, 0.717) is 41.3 Å². The van der Waals surface area contributed by atoms with Crippen LogP contribution in [-0.2, 0) is 0 Å². The summed E-state index contributed by atoms with van der Waals surface area (Å²) in [5, 5.41) is 2.40. The Morgan fingerprint density at radius 1 is 0.389 bits per heavy atom. The number of hydrogen-bond donors (Lipinski definition) is 0. The van der Waals surface area contributed by atoms with Crippen LogP contribution >= 0.6 is 69.6 Å². The molecule has 0 N–H and O–H groups in total. The summed E-state index contributed by atoms with van der Waals surface area (Å²) in [5.74, 6) is 0. The van der Waals surface area contributed by atoms with E-state index in [4.69, 9.17) is 69.6 Å². The molecule has 2 aromatic carbocycles. The Hall–Kier alpha value is 0.180. The number of halogens is 6. The minimum absolute atomic E-state index is 0.376. The maximum Gasteiger partial charge on any atom is 0.0607 e. The van der Waals surface area contributed by atoms with Crippen LogP contribution in [0.2, 0.25) is 30.1 Å². The summed E-state index contributed by atoms with van der Waals surface area (Å²) in [6.45, 7) is 0. The maximum atomic E-state index is 6.12. The first-order valence-corrected chi connectivity index (χ1v) is 6.96. The molecule has 0 atom stereocenters. The molecule has 0 radical (unpaired) electrons. The van der Waals surface area contributed by atoms with Gasteiger partial charge in [0.05, 0.1) is 30.1 Å². The van der Waals surface area contributed by atoms with Gasteiger partial charge in [-0.25, -0.2) is 0 Å². The summed E-state index contributed by atoms with van der Waals surface area (Å²) in [7, 11) is 0. The molecule has 0 fully saturated rings. The first kappa shape index (κ1) is 14.6. The molecule has 6 heteroatoms. The first-order valence-electron chi connectivity index (χ1n) is 4.69. The molecular formula is C12H4Cl6. The van der Waals surface area contributed by atoms with Crippen LogP contribution in [0.15, 0.2) is 24.3 Å². The predicted octanol–water partition coefficient (Wildman–Crippen LogP) is 7.27. The lowest BCUT2D eigenvalue weighted by atomic mass is 12.0. The summed E-state index contributed by atoms with van der Waals surface area (Å²) in [5.41, 5.74) is 1.30. The summed E-state index contributed by atoms with van der Waals surface area (Å²) in [6, 6.07) is 6.38. The smallest absolute Gasteiger partial charge is 0.0607 e. The predicted molar refractivity (Wildman–Crippen MR) is 81.9 cm³/mol. The minimum Gasteiger partial charge on any atom is -0.0836 e. The molecule has 0 spiro atoms. The summed E-state index contributed by atoms with van der Waals surface area (Å²) in [6.07, 6.45) is 0. The zero-order valence-electron chi connectivity index (χ0n) is 8.58. The minimum atomic E-state index is 0.376. The third kappa shape index (κ3) is 2.85. The van der Waals surface area contributed by atoms with Gasteiger partial charge >= 0.3 is 0 Å². The Balaban J connectivity index is 2.69. The van der Waals surface area contributed by atoms with E-state index in [2.05, 4.69) is 0 Å². The van der Waals surface area contributed by atoms with Crippen LogP contribution in [0.4, 0.5) is 0 Å². The molecular weight excluding hydrogens is 381 g/mol. The van der Waals surface area contributed by atoms with E-state index in [1.807, 2.05) is 0 Å². The van der Waals surface area contributed by atoms with Crippen molar-refractivity contribution >= 4 is 69.6 Å². The highest BCUT2D eigenvalue weighted by molar-refractivity contribution is 6.45. The second-order valence-corrected chi connectivity index (χ2v) is 5.94. The molecule has 0 amide bonds. The highest BCUT2D eigenvalue weighted by Crippen LogP contribution is 2.41. The largest absolute Gasteiger partial charge is 0.0836 e. The average molecular weight is 385 g/mol. The topological polar surface area (TPSA) is 0 Å². The normalized spacial score (nSPS) is 10.8. The molecule has 2 aromatic rings. The molecule has 0 aromatic heterocycles. The van der Waals surface area contributed by atoms with Crippen LogP contribution in [0.5, 0.6) is 0 Å². The fourth-order valence-electron chi connectivity index (χ4n) is 1.46. The molecule has 0 aliphatic rings. The van der Waals surface area contributed by atoms with E-state index in [0.717, 1.165) is 0 Å². The third-order valence-corrected chi connectivity index (χ3v) is 4.38. The Labute approximate surface area is 134 Å². The molecule has 0 bridgehead atoms. The molecule has 0 heterocycles. The Bertz CT molecular complexity index is 565. The monoisotopic (exact) mass is 382 g/mol. The Morgan fingerprint density at radius 3 is 1.00 bits per heavy atom. The molecule has 0 saturated carbocycles. The van der Waals surface area contributed by atoms with Crippen LogP contribution in [0, 0.1) is 0 Å². The van der Waals surface area contributed by atoms with Crippen LogP contribution in [0.1, 0.15) is 0 Å². The summed E-state index contributed by atoms with van der Waals surface area (Å²) >= 11 is 35.9. The van der Waals surface area contributed by atoms with E-state index in [1.54, 1.807) is 24.3 Å². The zero-order valence-corrected chi connectivity index (χ0v) is 13.1. The van der Waals surface area contributed by atoms with Crippen molar-refractivity contribution in [3.05, 3.63) is 54.4 Å². The second-order valence-electron chi connectivity index (χ2n) is 3.49. The molecule has 2 rings (SSSR count). The lowest BCUT2D eigenvalue weighted by Gasteiger charge is -2.10. The van der Waals surface area contributed by atoms with Crippen molar-refractivity contribution in [2.75, 3.05) is 0 Å². The van der Waals surface area contributed by atoms with Crippen molar-refractivity contribution in [1.82, 2.24) is 0 Å². The number of benzene rings is 2. The Kier molecular flexibility index (Phi) is 4.59. The van der Waals surface area contributed by atoms with Crippen molar-refractivity contribution in [2.45, 2.75) is 0 Å². The maximum absolute atomic E-state index is 6.12. The second kappa shape index (κ2) is 5.66. The van der Waals surface area contributed by atoms with Crippen molar-refractivity contribution in [2.24, 2.45) is 0 Å².